The zero-order valence-electron chi connectivity index (χ0n) is 16.4. The third-order valence-electron chi connectivity index (χ3n) is 6.23. The Kier molecular flexibility index (Phi) is 5.07. The van der Waals surface area contributed by atoms with Crippen LogP contribution in [-0.4, -0.2) is 38.3 Å². The standard InChI is InChI=1S/C22H21NO6.H2O.2H2/c1-8(2)11-3-4-13(24)17-12(11)6-9-5-10-7-14(25)18(22(23)29)21(28)16(10)19(26)15(9)20(17)27;;;/h3-4,9-10,16,24,27-28H,1,5-7H2,2H3,(H2,23,29);1H2;2*1H. The molecule has 4 rings (SSSR count). The highest BCUT2D eigenvalue weighted by Gasteiger charge is 2.50. The molecule has 8 nitrogen and oxygen atoms in total. The van der Waals surface area contributed by atoms with Crippen molar-refractivity contribution >= 4 is 28.8 Å². The quantitative estimate of drug-likeness (QED) is 0.536. The predicted molar refractivity (Wildman–Crippen MR) is 112 cm³/mol. The normalized spacial score (nSPS) is 25.2. The number of carbonyl (C=O) groups is 3. The molecule has 1 saturated carbocycles. The summed E-state index contributed by atoms with van der Waals surface area (Å²) in [5.74, 6) is -5.24. The van der Waals surface area contributed by atoms with Gasteiger partial charge in [0.05, 0.1) is 11.5 Å². The van der Waals surface area contributed by atoms with Gasteiger partial charge in [-0.1, -0.05) is 18.2 Å². The van der Waals surface area contributed by atoms with Crippen LogP contribution in [0.15, 0.2) is 35.6 Å². The van der Waals surface area contributed by atoms with E-state index >= 15 is 0 Å². The van der Waals surface area contributed by atoms with Crippen molar-refractivity contribution in [1.82, 2.24) is 0 Å². The summed E-state index contributed by atoms with van der Waals surface area (Å²) in [6, 6.07) is 3.16. The van der Waals surface area contributed by atoms with Crippen LogP contribution in [0.2, 0.25) is 0 Å². The average molecular weight is 417 g/mol. The highest BCUT2D eigenvalue weighted by Crippen LogP contribution is 2.50. The Hall–Kier alpha value is -3.39. The molecule has 7 N–H and O–H groups in total. The fraction of sp³-hybridized carbons (Fsp3) is 0.318. The van der Waals surface area contributed by atoms with Gasteiger partial charge in [-0.15, -0.1) is 0 Å². The number of Topliss-reactive ketones (excluding diaryl/α,β-unsaturated/α-hetero) is 2. The van der Waals surface area contributed by atoms with Crippen molar-refractivity contribution in [1.29, 1.82) is 0 Å². The summed E-state index contributed by atoms with van der Waals surface area (Å²) >= 11 is 0. The molecule has 1 fully saturated rings. The zero-order valence-corrected chi connectivity index (χ0v) is 16.4. The number of phenols is 1. The second-order valence-corrected chi connectivity index (χ2v) is 8.02. The molecule has 1 aromatic carbocycles. The van der Waals surface area contributed by atoms with Gasteiger partial charge in [-0.3, -0.25) is 14.4 Å². The van der Waals surface area contributed by atoms with E-state index in [1.807, 2.05) is 6.92 Å². The van der Waals surface area contributed by atoms with Crippen molar-refractivity contribution in [3.05, 3.63) is 52.3 Å². The van der Waals surface area contributed by atoms with Gasteiger partial charge in [0, 0.05) is 14.8 Å². The Morgan fingerprint density at radius 1 is 1.20 bits per heavy atom. The van der Waals surface area contributed by atoms with Crippen LogP contribution in [0.25, 0.3) is 11.3 Å². The summed E-state index contributed by atoms with van der Waals surface area (Å²) in [5.41, 5.74) is 7.22. The fourth-order valence-corrected chi connectivity index (χ4v) is 5.04. The third-order valence-corrected chi connectivity index (χ3v) is 6.23. The number of phenolic OH excluding ortho intramolecular Hbond substituents is 1. The molecular weight excluding hydrogens is 390 g/mol. The molecule has 162 valence electrons. The van der Waals surface area contributed by atoms with E-state index in [1.165, 1.54) is 6.07 Å². The van der Waals surface area contributed by atoms with Gasteiger partial charge in [-0.2, -0.15) is 0 Å². The molecule has 1 amide bonds. The molecule has 0 saturated heterocycles. The first-order valence-corrected chi connectivity index (χ1v) is 9.38. The van der Waals surface area contributed by atoms with Gasteiger partial charge in [0.15, 0.2) is 11.6 Å². The van der Waals surface area contributed by atoms with Crippen LogP contribution in [0.4, 0.5) is 0 Å². The Bertz CT molecular complexity index is 1090. The minimum absolute atomic E-state index is 0. The van der Waals surface area contributed by atoms with E-state index in [0.29, 0.717) is 18.4 Å². The topological polar surface area (TPSA) is 169 Å². The lowest BCUT2D eigenvalue weighted by Crippen LogP contribution is -2.44. The number of aliphatic hydroxyl groups is 2. The second-order valence-electron chi connectivity index (χ2n) is 8.02. The molecule has 0 spiro atoms. The number of aromatic hydroxyl groups is 1. The van der Waals surface area contributed by atoms with E-state index in [2.05, 4.69) is 6.58 Å². The number of amides is 1. The lowest BCUT2D eigenvalue weighted by molar-refractivity contribution is -0.127. The first-order chi connectivity index (χ1) is 13.6. The summed E-state index contributed by atoms with van der Waals surface area (Å²) in [7, 11) is 0. The van der Waals surface area contributed by atoms with Gasteiger partial charge in [-0.05, 0) is 48.8 Å². The van der Waals surface area contributed by atoms with Gasteiger partial charge in [0.25, 0.3) is 5.91 Å². The van der Waals surface area contributed by atoms with Crippen molar-refractivity contribution in [3.63, 3.8) is 0 Å². The summed E-state index contributed by atoms with van der Waals surface area (Å²) in [4.78, 5) is 37.1. The van der Waals surface area contributed by atoms with Crippen LogP contribution in [0, 0.1) is 17.8 Å². The van der Waals surface area contributed by atoms with Gasteiger partial charge in [0.1, 0.15) is 22.8 Å². The Labute approximate surface area is 175 Å². The molecule has 0 aliphatic heterocycles. The molecule has 30 heavy (non-hydrogen) atoms. The SMILES string of the molecule is C=C(C)c1ccc(O)c2c1CC1CC3CC(=O)C(C(N)=O)=C(O)C3C(=O)C1=C2O.O.[HH].[HH]. The first kappa shape index (κ1) is 21.3. The van der Waals surface area contributed by atoms with Crippen molar-refractivity contribution in [3.8, 4) is 5.75 Å². The van der Waals surface area contributed by atoms with E-state index in [4.69, 9.17) is 5.73 Å². The van der Waals surface area contributed by atoms with Gasteiger partial charge in [0.2, 0.25) is 0 Å². The van der Waals surface area contributed by atoms with Crippen molar-refractivity contribution in [2.75, 3.05) is 0 Å². The van der Waals surface area contributed by atoms with E-state index in [0.717, 1.165) is 11.1 Å². The van der Waals surface area contributed by atoms with Crippen LogP contribution < -0.4 is 5.73 Å². The Morgan fingerprint density at radius 3 is 2.47 bits per heavy atom. The van der Waals surface area contributed by atoms with E-state index in [1.54, 1.807) is 6.07 Å². The van der Waals surface area contributed by atoms with Crippen LogP contribution in [-0.2, 0) is 20.8 Å². The van der Waals surface area contributed by atoms with E-state index < -0.39 is 40.6 Å². The molecule has 0 aromatic heterocycles. The minimum Gasteiger partial charge on any atom is -0.511 e. The van der Waals surface area contributed by atoms with Crippen LogP contribution in [0.5, 0.6) is 5.75 Å². The molecule has 1 aromatic rings. The second kappa shape index (κ2) is 7.14. The highest BCUT2D eigenvalue weighted by atomic mass is 16.3. The number of hydrogen-bond acceptors (Lipinski definition) is 6. The maximum atomic E-state index is 13.3. The van der Waals surface area contributed by atoms with E-state index in [-0.39, 0.29) is 43.3 Å². The average Bonchev–Trinajstić information content (AvgIpc) is 2.60. The number of benzene rings is 1. The lowest BCUT2D eigenvalue weighted by Gasteiger charge is -2.41. The Morgan fingerprint density at radius 2 is 1.87 bits per heavy atom. The molecule has 3 aliphatic carbocycles. The molecular formula is C22H27NO7. The van der Waals surface area contributed by atoms with Crippen molar-refractivity contribution < 1.29 is 38.0 Å². The monoisotopic (exact) mass is 417 g/mol. The maximum absolute atomic E-state index is 13.3. The lowest BCUT2D eigenvalue weighted by atomic mass is 9.61. The molecule has 3 atom stereocenters. The summed E-state index contributed by atoms with van der Waals surface area (Å²) in [5, 5.41) is 31.8. The van der Waals surface area contributed by atoms with Crippen molar-refractivity contribution in [2.24, 2.45) is 23.5 Å². The van der Waals surface area contributed by atoms with Crippen molar-refractivity contribution in [2.45, 2.75) is 26.2 Å². The summed E-state index contributed by atoms with van der Waals surface area (Å²) in [6.07, 6.45) is 0.702. The molecule has 0 heterocycles. The number of ketones is 2. The largest absolute Gasteiger partial charge is 0.511 e. The third kappa shape index (κ3) is 2.83. The number of hydrogen-bond donors (Lipinski definition) is 4. The molecule has 0 radical (unpaired) electrons. The summed E-state index contributed by atoms with van der Waals surface area (Å²) < 4.78 is 0. The zero-order chi connectivity index (χ0) is 21.2. The number of rotatable bonds is 2. The van der Waals surface area contributed by atoms with Crippen LogP contribution in [0.3, 0.4) is 0 Å². The van der Waals surface area contributed by atoms with Gasteiger partial charge < -0.3 is 26.5 Å². The smallest absolute Gasteiger partial charge is 0.255 e. The highest BCUT2D eigenvalue weighted by molar-refractivity contribution is 6.21. The molecule has 3 unspecified atom stereocenters. The number of primary amides is 1. The Balaban J connectivity index is 0.00000171. The van der Waals surface area contributed by atoms with Gasteiger partial charge in [-0.25, -0.2) is 0 Å². The number of allylic oxidation sites excluding steroid dienone is 3. The summed E-state index contributed by atoms with van der Waals surface area (Å²) in [6.45, 7) is 5.76. The van der Waals surface area contributed by atoms with E-state index in [9.17, 15) is 29.7 Å². The minimum atomic E-state index is -1.10. The maximum Gasteiger partial charge on any atom is 0.255 e. The molecule has 8 heteroatoms. The van der Waals surface area contributed by atoms with Crippen LogP contribution >= 0.6 is 0 Å². The van der Waals surface area contributed by atoms with Crippen LogP contribution in [0.1, 0.15) is 39.3 Å². The van der Waals surface area contributed by atoms with Gasteiger partial charge >= 0.3 is 0 Å². The number of aliphatic hydroxyl groups excluding tert-OH is 2. The number of carbonyl (C=O) groups excluding carboxylic acids is 3. The predicted octanol–water partition coefficient (Wildman–Crippen LogP) is 2.01. The molecule has 0 bridgehead atoms. The fourth-order valence-electron chi connectivity index (χ4n) is 5.04. The molecule has 3 aliphatic rings. The number of nitrogens with two attached hydrogens (primary N) is 1. The first-order valence-electron chi connectivity index (χ1n) is 9.38. The number of fused-ring (bicyclic) bond motifs is 3.